The van der Waals surface area contributed by atoms with Gasteiger partial charge in [-0.2, -0.15) is 0 Å². The van der Waals surface area contributed by atoms with E-state index in [4.69, 9.17) is 28.4 Å². The molecule has 0 radical (unpaired) electrons. The van der Waals surface area contributed by atoms with E-state index < -0.39 is 116 Å². The van der Waals surface area contributed by atoms with Crippen LogP contribution >= 0.6 is 0 Å². The first-order chi connectivity index (χ1) is 33.4. The molecule has 9 N–H and O–H groups in total. The third-order valence-electron chi connectivity index (χ3n) is 21.0. The molecule has 3 saturated heterocycles. The predicted octanol–water partition coefficient (Wildman–Crippen LogP) is 3.85. The van der Waals surface area contributed by atoms with Crippen LogP contribution < -0.4 is 5.32 Å². The van der Waals surface area contributed by atoms with E-state index in [1.807, 2.05) is 18.2 Å². The van der Waals surface area contributed by atoms with Gasteiger partial charge < -0.3 is 74.6 Å². The first kappa shape index (κ1) is 53.7. The average molecular weight is 1000 g/mol. The van der Waals surface area contributed by atoms with E-state index in [0.717, 1.165) is 63.4 Å². The highest BCUT2D eigenvalue weighted by molar-refractivity contribution is 5.84. The minimum absolute atomic E-state index is 0.00335. The number of allylic oxidation sites excluding steroid dienone is 1. The molecule has 5 aliphatic carbocycles. The maximum Gasteiger partial charge on any atom is 0.226 e. The van der Waals surface area contributed by atoms with Gasteiger partial charge in [-0.25, -0.2) is 0 Å². The molecule has 5 saturated carbocycles. The Morgan fingerprint density at radius 1 is 0.662 bits per heavy atom. The maximum atomic E-state index is 14.7. The predicted molar refractivity (Wildman–Crippen MR) is 258 cm³/mol. The van der Waals surface area contributed by atoms with Crippen LogP contribution in [0.2, 0.25) is 0 Å². The molecule has 0 bridgehead atoms. The molecular formula is C55H85NO15. The molecule has 16 heteroatoms. The number of amides is 1. The standard InChI is InChI=1S/C55H85NO15/c1-27(2)31-17-22-55(50(65)56-25-30-13-11-10-12-14-30)24-23-53(8)32(37(31)55)15-16-35-52(7)20-19-36(51(5,6)34(52)18-21-54(35,53)9)69-49-46(71-48-43(63)41(61)39(59)29(4)67-48)44(64)45(33(26-57)68-49)70-47-42(62)40(60)38(58)28(3)66-47/h10-14,28-29,31-49,57-64H,1,15-26H2,2-9H3,(H,56,65)/t28-,29-,31-,32+,33+,34-,35+,36-,37+,38-,39-,40+,41+,42+,43+,44-,45+,46+,47-,48-,49-,52-,53+,54+,55-/m0/s1. The maximum absolute atomic E-state index is 14.7. The van der Waals surface area contributed by atoms with E-state index >= 15 is 0 Å². The fraction of sp³-hybridized carbons (Fsp3) is 0.836. The van der Waals surface area contributed by atoms with Crippen molar-refractivity contribution in [3.05, 3.63) is 48.0 Å². The molecule has 25 atom stereocenters. The Labute approximate surface area is 419 Å². The summed E-state index contributed by atoms with van der Waals surface area (Å²) in [4.78, 5) is 14.7. The quantitative estimate of drug-likeness (QED) is 0.113. The third-order valence-corrected chi connectivity index (χ3v) is 21.0. The molecule has 71 heavy (non-hydrogen) atoms. The lowest BCUT2D eigenvalue weighted by Crippen LogP contribution is -2.68. The van der Waals surface area contributed by atoms with Crippen LogP contribution in [0, 0.1) is 56.7 Å². The molecule has 0 unspecified atom stereocenters. The zero-order chi connectivity index (χ0) is 51.3. The summed E-state index contributed by atoms with van der Waals surface area (Å²) in [6, 6.07) is 10.2. The fourth-order valence-corrected chi connectivity index (χ4v) is 16.9. The van der Waals surface area contributed by atoms with Crippen molar-refractivity contribution < 1.29 is 74.1 Å². The second-order valence-electron chi connectivity index (χ2n) is 24.8. The number of ether oxygens (including phenoxy) is 6. The van der Waals surface area contributed by atoms with Crippen LogP contribution in [0.4, 0.5) is 0 Å². The number of carbonyl (C=O) groups is 1. The molecule has 0 spiro atoms. The Morgan fingerprint density at radius 2 is 1.28 bits per heavy atom. The second kappa shape index (κ2) is 19.8. The molecule has 0 aromatic heterocycles. The van der Waals surface area contributed by atoms with Crippen molar-refractivity contribution in [3.63, 3.8) is 0 Å². The number of fused-ring (bicyclic) bond motifs is 7. The van der Waals surface area contributed by atoms with Crippen molar-refractivity contribution in [1.82, 2.24) is 5.32 Å². The Balaban J connectivity index is 0.959. The van der Waals surface area contributed by atoms with Crippen molar-refractivity contribution in [2.45, 2.75) is 224 Å². The van der Waals surface area contributed by atoms with Gasteiger partial charge in [0.1, 0.15) is 61.0 Å². The van der Waals surface area contributed by atoms with E-state index in [2.05, 4.69) is 65.6 Å². The summed E-state index contributed by atoms with van der Waals surface area (Å²) in [5.41, 5.74) is 1.39. The van der Waals surface area contributed by atoms with Crippen LogP contribution in [-0.2, 0) is 39.8 Å². The van der Waals surface area contributed by atoms with Crippen LogP contribution in [0.15, 0.2) is 42.5 Å². The Bertz CT molecular complexity index is 2060. The lowest BCUT2D eigenvalue weighted by molar-refractivity contribution is -0.393. The Hall–Kier alpha value is -2.13. The van der Waals surface area contributed by atoms with Gasteiger partial charge in [-0.3, -0.25) is 4.79 Å². The van der Waals surface area contributed by atoms with E-state index in [-0.39, 0.29) is 34.0 Å². The van der Waals surface area contributed by atoms with Crippen LogP contribution in [0.1, 0.15) is 125 Å². The number of hydrogen-bond acceptors (Lipinski definition) is 15. The molecule has 8 aliphatic rings. The average Bonchev–Trinajstić information content (AvgIpc) is 3.74. The second-order valence-corrected chi connectivity index (χ2v) is 24.8. The van der Waals surface area contributed by atoms with Gasteiger partial charge in [-0.05, 0) is 142 Å². The van der Waals surface area contributed by atoms with Gasteiger partial charge in [0.25, 0.3) is 0 Å². The number of nitrogens with one attached hydrogen (secondary N) is 1. The number of aliphatic hydroxyl groups is 8. The minimum atomic E-state index is -1.73. The summed E-state index contributed by atoms with van der Waals surface area (Å²) in [7, 11) is 0. The van der Waals surface area contributed by atoms with Gasteiger partial charge >= 0.3 is 0 Å². The van der Waals surface area contributed by atoms with Gasteiger partial charge in [0.05, 0.1) is 30.3 Å². The van der Waals surface area contributed by atoms with Crippen molar-refractivity contribution in [3.8, 4) is 0 Å². The minimum Gasteiger partial charge on any atom is -0.394 e. The zero-order valence-corrected chi connectivity index (χ0v) is 43.1. The summed E-state index contributed by atoms with van der Waals surface area (Å²) in [6.07, 6.45) is -12.9. The molecule has 8 fully saturated rings. The number of carbonyl (C=O) groups excluding carboxylic acids is 1. The Morgan fingerprint density at radius 3 is 1.89 bits per heavy atom. The molecular weight excluding hydrogens is 915 g/mol. The highest BCUT2D eigenvalue weighted by Crippen LogP contribution is 2.77. The SMILES string of the molecule is C=C(C)[C@@H]1CC[C@]2(C(=O)NCc3ccccc3)CC[C@]3(C)[C@H](CC[C@@H]4[C@@]5(C)CC[C@H](O[C@@H]6O[C@H](CO)[C@@H](O[C@@H]7O[C@@H](C)[C@H](O)[C@@H](O)[C@H]7O)[C@H](O)[C@H]6O[C@@H]6O[C@@H](C)[C@H](O)[C@@H](O)[C@H]6O)C(C)(C)[C@@H]5CC[C@]43C)[C@@H]12. The van der Waals surface area contributed by atoms with Crippen molar-refractivity contribution in [1.29, 1.82) is 0 Å². The highest BCUT2D eigenvalue weighted by Gasteiger charge is 2.72. The normalized spacial score (nSPS) is 51.5. The molecule has 9 rings (SSSR count). The lowest BCUT2D eigenvalue weighted by atomic mass is 9.32. The van der Waals surface area contributed by atoms with Gasteiger partial charge in [-0.15, -0.1) is 0 Å². The van der Waals surface area contributed by atoms with Crippen molar-refractivity contribution in [2.24, 2.45) is 56.7 Å². The van der Waals surface area contributed by atoms with Crippen LogP contribution in [-0.4, -0.2) is 152 Å². The van der Waals surface area contributed by atoms with Gasteiger partial charge in [0, 0.05) is 6.54 Å². The molecule has 1 amide bonds. The van der Waals surface area contributed by atoms with Crippen molar-refractivity contribution in [2.75, 3.05) is 6.61 Å². The molecule has 400 valence electrons. The van der Waals surface area contributed by atoms with E-state index in [1.165, 1.54) is 19.4 Å². The number of hydrogen-bond donors (Lipinski definition) is 9. The topological polar surface area (TPSA) is 246 Å². The summed E-state index contributed by atoms with van der Waals surface area (Å²) in [5.74, 6) is 1.74. The first-order valence-corrected chi connectivity index (χ1v) is 26.7. The van der Waals surface area contributed by atoms with E-state index in [1.54, 1.807) is 0 Å². The first-order valence-electron chi connectivity index (χ1n) is 26.7. The Kier molecular flexibility index (Phi) is 15.0. The number of rotatable bonds is 11. The van der Waals surface area contributed by atoms with E-state index in [9.17, 15) is 45.6 Å². The van der Waals surface area contributed by atoms with Crippen LogP contribution in [0.3, 0.4) is 0 Å². The van der Waals surface area contributed by atoms with Crippen LogP contribution in [0.5, 0.6) is 0 Å². The van der Waals surface area contributed by atoms with Gasteiger partial charge in [-0.1, -0.05) is 77.1 Å². The molecule has 16 nitrogen and oxygen atoms in total. The summed E-state index contributed by atoms with van der Waals surface area (Å²) < 4.78 is 37.4. The molecule has 3 aliphatic heterocycles. The third kappa shape index (κ3) is 8.71. The summed E-state index contributed by atoms with van der Waals surface area (Å²) >= 11 is 0. The van der Waals surface area contributed by atoms with Gasteiger partial charge in [0.15, 0.2) is 18.9 Å². The molecule has 3 heterocycles. The van der Waals surface area contributed by atoms with E-state index in [0.29, 0.717) is 30.7 Å². The molecule has 1 aromatic carbocycles. The zero-order valence-electron chi connectivity index (χ0n) is 43.1. The summed E-state index contributed by atoms with van der Waals surface area (Å²) in [5, 5.41) is 90.6. The smallest absolute Gasteiger partial charge is 0.226 e. The lowest BCUT2D eigenvalue weighted by Gasteiger charge is -2.73. The number of aliphatic hydroxyl groups excluding tert-OH is 8. The monoisotopic (exact) mass is 1000 g/mol. The van der Waals surface area contributed by atoms with Crippen molar-refractivity contribution >= 4 is 5.91 Å². The highest BCUT2D eigenvalue weighted by atomic mass is 16.8. The summed E-state index contributed by atoms with van der Waals surface area (Å²) in [6.45, 7) is 21.7. The molecule has 1 aromatic rings. The number of benzene rings is 1. The largest absolute Gasteiger partial charge is 0.394 e. The van der Waals surface area contributed by atoms with Gasteiger partial charge in [0.2, 0.25) is 5.91 Å². The van der Waals surface area contributed by atoms with Crippen LogP contribution in [0.25, 0.3) is 0 Å². The fourth-order valence-electron chi connectivity index (χ4n) is 16.9.